The van der Waals surface area contributed by atoms with Gasteiger partial charge in [-0.15, -0.1) is 0 Å². The molecule has 1 rings (SSSR count). The van der Waals surface area contributed by atoms with E-state index >= 15 is 0 Å². The highest BCUT2D eigenvalue weighted by Crippen LogP contribution is 2.08. The summed E-state index contributed by atoms with van der Waals surface area (Å²) in [4.78, 5) is 2.80. The maximum absolute atomic E-state index is 5.60. The van der Waals surface area contributed by atoms with Crippen LogP contribution in [0.3, 0.4) is 0 Å². The fourth-order valence-corrected chi connectivity index (χ4v) is 2.09. The first-order valence-electron chi connectivity index (χ1n) is 6.76. The van der Waals surface area contributed by atoms with Crippen molar-refractivity contribution >= 4 is 17.2 Å². The van der Waals surface area contributed by atoms with Gasteiger partial charge in [-0.3, -0.25) is 4.90 Å². The molecule has 0 bridgehead atoms. The largest absolute Gasteiger partial charge is 0.389 e. The molecule has 0 unspecified atom stereocenters. The molecule has 20 heavy (non-hydrogen) atoms. The van der Waals surface area contributed by atoms with Crippen molar-refractivity contribution < 1.29 is 9.47 Å². The summed E-state index contributed by atoms with van der Waals surface area (Å²) in [6.45, 7) is 4.32. The fourth-order valence-electron chi connectivity index (χ4n) is 1.96. The van der Waals surface area contributed by atoms with Gasteiger partial charge in [-0.2, -0.15) is 0 Å². The second-order valence-electron chi connectivity index (χ2n) is 4.68. The van der Waals surface area contributed by atoms with Crippen molar-refractivity contribution in [2.45, 2.75) is 13.0 Å². The summed E-state index contributed by atoms with van der Waals surface area (Å²) in [7, 11) is 3.46. The molecule has 0 amide bonds. The van der Waals surface area contributed by atoms with E-state index in [4.69, 9.17) is 27.4 Å². The SMILES string of the molecule is COCCCN(CCOC)Cc1ccc(C(N)=S)cc1. The lowest BCUT2D eigenvalue weighted by Crippen LogP contribution is -2.28. The Bertz CT molecular complexity index is 395. The van der Waals surface area contributed by atoms with Gasteiger partial charge in [0.2, 0.25) is 0 Å². The summed E-state index contributed by atoms with van der Waals surface area (Å²) < 4.78 is 10.3. The zero-order valence-corrected chi connectivity index (χ0v) is 13.1. The van der Waals surface area contributed by atoms with Gasteiger partial charge in [-0.25, -0.2) is 0 Å². The van der Waals surface area contributed by atoms with Crippen molar-refractivity contribution in [2.75, 3.05) is 40.5 Å². The molecular weight excluding hydrogens is 272 g/mol. The van der Waals surface area contributed by atoms with Gasteiger partial charge in [0.1, 0.15) is 4.99 Å². The lowest BCUT2D eigenvalue weighted by atomic mass is 10.1. The van der Waals surface area contributed by atoms with Crippen molar-refractivity contribution in [2.24, 2.45) is 5.73 Å². The Morgan fingerprint density at radius 3 is 2.30 bits per heavy atom. The molecule has 0 aromatic heterocycles. The monoisotopic (exact) mass is 296 g/mol. The third-order valence-electron chi connectivity index (χ3n) is 3.08. The Balaban J connectivity index is 2.55. The Kier molecular flexibility index (Phi) is 8.37. The third-order valence-corrected chi connectivity index (χ3v) is 3.31. The van der Waals surface area contributed by atoms with Gasteiger partial charge >= 0.3 is 0 Å². The van der Waals surface area contributed by atoms with E-state index in [9.17, 15) is 0 Å². The Hall–Kier alpha value is -1.01. The molecule has 0 spiro atoms. The van der Waals surface area contributed by atoms with Crippen LogP contribution < -0.4 is 5.73 Å². The van der Waals surface area contributed by atoms with Crippen LogP contribution in [-0.2, 0) is 16.0 Å². The minimum absolute atomic E-state index is 0.438. The number of hydrogen-bond acceptors (Lipinski definition) is 4. The van der Waals surface area contributed by atoms with Gasteiger partial charge in [0.05, 0.1) is 6.61 Å². The topological polar surface area (TPSA) is 47.7 Å². The van der Waals surface area contributed by atoms with Crippen molar-refractivity contribution in [1.29, 1.82) is 0 Å². The summed E-state index contributed by atoms with van der Waals surface area (Å²) in [5.74, 6) is 0. The Morgan fingerprint density at radius 2 is 1.75 bits per heavy atom. The summed E-state index contributed by atoms with van der Waals surface area (Å²) in [6.07, 6.45) is 1.02. The molecule has 0 heterocycles. The van der Waals surface area contributed by atoms with Crippen molar-refractivity contribution in [3.05, 3.63) is 35.4 Å². The van der Waals surface area contributed by atoms with Crippen LogP contribution in [0.1, 0.15) is 17.5 Å². The zero-order chi connectivity index (χ0) is 14.8. The van der Waals surface area contributed by atoms with Crippen molar-refractivity contribution in [3.63, 3.8) is 0 Å². The average Bonchev–Trinajstić information content (AvgIpc) is 2.45. The number of nitrogens with two attached hydrogens (primary N) is 1. The quantitative estimate of drug-likeness (QED) is 0.527. The highest BCUT2D eigenvalue weighted by Gasteiger charge is 2.06. The molecule has 1 aromatic rings. The number of nitrogens with zero attached hydrogens (tertiary/aromatic N) is 1. The van der Waals surface area contributed by atoms with Crippen LogP contribution in [0.2, 0.25) is 0 Å². The second kappa shape index (κ2) is 9.83. The lowest BCUT2D eigenvalue weighted by molar-refractivity contribution is 0.129. The first-order valence-corrected chi connectivity index (χ1v) is 7.17. The predicted molar refractivity (Wildman–Crippen MR) is 86.0 cm³/mol. The molecule has 0 saturated heterocycles. The second-order valence-corrected chi connectivity index (χ2v) is 5.12. The van der Waals surface area contributed by atoms with Gasteiger partial charge in [0.15, 0.2) is 0 Å². The number of rotatable bonds is 10. The Morgan fingerprint density at radius 1 is 1.10 bits per heavy atom. The smallest absolute Gasteiger partial charge is 0.103 e. The van der Waals surface area contributed by atoms with Gasteiger partial charge in [0, 0.05) is 46.0 Å². The van der Waals surface area contributed by atoms with E-state index in [0.717, 1.165) is 44.8 Å². The number of thiocarbonyl (C=S) groups is 1. The van der Waals surface area contributed by atoms with E-state index in [2.05, 4.69) is 17.0 Å². The molecule has 2 N–H and O–H groups in total. The molecule has 0 atom stereocenters. The maximum Gasteiger partial charge on any atom is 0.103 e. The molecule has 0 aliphatic heterocycles. The summed E-state index contributed by atoms with van der Waals surface area (Å²) >= 11 is 4.96. The van der Waals surface area contributed by atoms with Gasteiger partial charge < -0.3 is 15.2 Å². The molecule has 0 radical (unpaired) electrons. The van der Waals surface area contributed by atoms with Crippen LogP contribution in [0.4, 0.5) is 0 Å². The molecule has 112 valence electrons. The summed E-state index contributed by atoms with van der Waals surface area (Å²) in [5.41, 5.74) is 7.76. The minimum Gasteiger partial charge on any atom is -0.389 e. The molecule has 1 aromatic carbocycles. The van der Waals surface area contributed by atoms with Gasteiger partial charge in [-0.05, 0) is 12.0 Å². The van der Waals surface area contributed by atoms with E-state index in [1.807, 2.05) is 12.1 Å². The van der Waals surface area contributed by atoms with Crippen LogP contribution >= 0.6 is 12.2 Å². The van der Waals surface area contributed by atoms with E-state index in [1.165, 1.54) is 5.56 Å². The first-order chi connectivity index (χ1) is 9.67. The standard InChI is InChI=1S/C15H24N2O2S/c1-18-10-3-8-17(9-11-19-2)12-13-4-6-14(7-5-13)15(16)20/h4-7H,3,8-12H2,1-2H3,(H2,16,20). The van der Waals surface area contributed by atoms with Crippen LogP contribution in [0.25, 0.3) is 0 Å². The molecular formula is C15H24N2O2S. The van der Waals surface area contributed by atoms with Gasteiger partial charge in [0.25, 0.3) is 0 Å². The summed E-state index contributed by atoms with van der Waals surface area (Å²) in [5, 5.41) is 0. The van der Waals surface area contributed by atoms with Gasteiger partial charge in [-0.1, -0.05) is 36.5 Å². The number of benzene rings is 1. The normalized spacial score (nSPS) is 10.9. The van der Waals surface area contributed by atoms with E-state index in [-0.39, 0.29) is 0 Å². The molecule has 0 saturated carbocycles. The van der Waals surface area contributed by atoms with Crippen molar-refractivity contribution in [3.8, 4) is 0 Å². The Labute approximate surface area is 126 Å². The van der Waals surface area contributed by atoms with Crippen LogP contribution in [0.5, 0.6) is 0 Å². The highest BCUT2D eigenvalue weighted by atomic mass is 32.1. The molecule has 4 nitrogen and oxygen atoms in total. The van der Waals surface area contributed by atoms with E-state index in [1.54, 1.807) is 14.2 Å². The molecule has 5 heteroatoms. The van der Waals surface area contributed by atoms with Crippen LogP contribution in [-0.4, -0.2) is 50.4 Å². The van der Waals surface area contributed by atoms with Crippen LogP contribution in [0, 0.1) is 0 Å². The molecule has 0 fully saturated rings. The summed E-state index contributed by atoms with van der Waals surface area (Å²) in [6, 6.07) is 8.10. The number of hydrogen-bond donors (Lipinski definition) is 1. The molecule has 0 aliphatic rings. The number of ether oxygens (including phenoxy) is 2. The van der Waals surface area contributed by atoms with Crippen molar-refractivity contribution in [1.82, 2.24) is 4.90 Å². The maximum atomic E-state index is 5.60. The first kappa shape index (κ1) is 17.0. The molecule has 0 aliphatic carbocycles. The van der Waals surface area contributed by atoms with E-state index in [0.29, 0.717) is 4.99 Å². The average molecular weight is 296 g/mol. The third kappa shape index (κ3) is 6.43. The fraction of sp³-hybridized carbons (Fsp3) is 0.533. The predicted octanol–water partition coefficient (Wildman–Crippen LogP) is 1.81. The van der Waals surface area contributed by atoms with Crippen LogP contribution in [0.15, 0.2) is 24.3 Å². The lowest BCUT2D eigenvalue weighted by Gasteiger charge is -2.22. The minimum atomic E-state index is 0.438. The highest BCUT2D eigenvalue weighted by molar-refractivity contribution is 7.80. The zero-order valence-electron chi connectivity index (χ0n) is 12.3. The van der Waals surface area contributed by atoms with E-state index < -0.39 is 0 Å². The number of methoxy groups -OCH3 is 2.